The molecule has 0 aromatic rings. The van der Waals surface area contributed by atoms with Crippen LogP contribution in [-0.2, 0) is 9.59 Å². The van der Waals surface area contributed by atoms with Gasteiger partial charge in [-0.1, -0.05) is 20.8 Å². The van der Waals surface area contributed by atoms with Gasteiger partial charge >= 0.3 is 0 Å². The van der Waals surface area contributed by atoms with Gasteiger partial charge in [0.05, 0.1) is 0 Å². The maximum absolute atomic E-state index is 11.7. The molecule has 3 unspecified atom stereocenters. The summed E-state index contributed by atoms with van der Waals surface area (Å²) >= 11 is 0. The molecule has 3 atom stereocenters. The first-order chi connectivity index (χ1) is 7.47. The van der Waals surface area contributed by atoms with Crippen LogP contribution in [0.4, 0.5) is 0 Å². The van der Waals surface area contributed by atoms with Gasteiger partial charge in [-0.15, -0.1) is 0 Å². The van der Waals surface area contributed by atoms with Gasteiger partial charge in [0.1, 0.15) is 0 Å². The maximum Gasteiger partial charge on any atom is 0.198 e. The summed E-state index contributed by atoms with van der Waals surface area (Å²) in [7, 11) is 0. The second-order valence-corrected chi connectivity index (χ2v) is 6.09. The van der Waals surface area contributed by atoms with Crippen LogP contribution >= 0.6 is 0 Å². The van der Waals surface area contributed by atoms with Crippen LogP contribution in [0.15, 0.2) is 0 Å². The zero-order valence-electron chi connectivity index (χ0n) is 10.6. The predicted molar refractivity (Wildman–Crippen MR) is 63.0 cm³/mol. The Hall–Kier alpha value is -0.660. The number of Topliss-reactive ketones (excluding diaryl/α,β-unsaturated/α-hetero) is 2. The monoisotopic (exact) mass is 222 g/mol. The van der Waals surface area contributed by atoms with E-state index in [0.717, 1.165) is 6.42 Å². The molecule has 2 nitrogen and oxygen atoms in total. The highest BCUT2D eigenvalue weighted by molar-refractivity contribution is 6.37. The minimum atomic E-state index is -0.132. The lowest BCUT2D eigenvalue weighted by molar-refractivity contribution is -0.143. The molecule has 2 aliphatic rings. The fraction of sp³-hybridized carbons (Fsp3) is 0.857. The summed E-state index contributed by atoms with van der Waals surface area (Å²) in [6.45, 7) is 6.78. The average Bonchev–Trinajstić information content (AvgIpc) is 2.51. The van der Waals surface area contributed by atoms with Gasteiger partial charge in [0, 0.05) is 12.8 Å². The molecule has 1 spiro atoms. The molecule has 0 heterocycles. The standard InChI is InChI=1S/C14H22O2/c1-9(2)11-5-4-10(3)14(11)7-6-12(15)13(16)8-14/h9-11H,4-8H2,1-3H3. The highest BCUT2D eigenvalue weighted by atomic mass is 16.2. The van der Waals surface area contributed by atoms with Gasteiger partial charge in [-0.25, -0.2) is 0 Å². The summed E-state index contributed by atoms with van der Waals surface area (Å²) in [6, 6.07) is 0. The van der Waals surface area contributed by atoms with Crippen molar-refractivity contribution in [1.29, 1.82) is 0 Å². The van der Waals surface area contributed by atoms with Gasteiger partial charge in [-0.2, -0.15) is 0 Å². The molecule has 16 heavy (non-hydrogen) atoms. The third-order valence-corrected chi connectivity index (χ3v) is 5.05. The summed E-state index contributed by atoms with van der Waals surface area (Å²) in [4.78, 5) is 23.1. The molecule has 0 amide bonds. The number of ketones is 2. The Morgan fingerprint density at radius 1 is 1.19 bits per heavy atom. The highest BCUT2D eigenvalue weighted by Gasteiger charge is 2.52. The van der Waals surface area contributed by atoms with Crippen molar-refractivity contribution in [1.82, 2.24) is 0 Å². The van der Waals surface area contributed by atoms with Gasteiger partial charge in [0.15, 0.2) is 11.6 Å². The van der Waals surface area contributed by atoms with Crippen molar-refractivity contribution >= 4 is 11.6 Å². The van der Waals surface area contributed by atoms with Crippen LogP contribution < -0.4 is 0 Å². The van der Waals surface area contributed by atoms with Crippen LogP contribution in [0, 0.1) is 23.2 Å². The number of carbonyl (C=O) groups is 2. The molecule has 0 saturated heterocycles. The van der Waals surface area contributed by atoms with Crippen LogP contribution in [0.2, 0.25) is 0 Å². The van der Waals surface area contributed by atoms with Gasteiger partial charge in [0.2, 0.25) is 0 Å². The molecule has 0 radical (unpaired) electrons. The van der Waals surface area contributed by atoms with E-state index in [0.29, 0.717) is 30.6 Å². The first-order valence-electron chi connectivity index (χ1n) is 6.53. The van der Waals surface area contributed by atoms with Crippen LogP contribution in [0.25, 0.3) is 0 Å². The topological polar surface area (TPSA) is 34.1 Å². The summed E-state index contributed by atoms with van der Waals surface area (Å²) in [5.41, 5.74) is 0.152. The molecule has 2 heteroatoms. The van der Waals surface area contributed by atoms with Crippen molar-refractivity contribution in [2.24, 2.45) is 23.2 Å². The van der Waals surface area contributed by atoms with Crippen LogP contribution in [0.1, 0.15) is 52.9 Å². The third kappa shape index (κ3) is 1.63. The second-order valence-electron chi connectivity index (χ2n) is 6.09. The zero-order chi connectivity index (χ0) is 11.9. The van der Waals surface area contributed by atoms with E-state index >= 15 is 0 Å². The van der Waals surface area contributed by atoms with E-state index in [1.165, 1.54) is 12.8 Å². The lowest BCUT2D eigenvalue weighted by atomic mass is 9.60. The summed E-state index contributed by atoms with van der Waals surface area (Å²) in [5, 5.41) is 0. The van der Waals surface area contributed by atoms with E-state index in [1.807, 2.05) is 0 Å². The second kappa shape index (κ2) is 3.97. The predicted octanol–water partition coefficient (Wildman–Crippen LogP) is 3.00. The quantitative estimate of drug-likeness (QED) is 0.639. The van der Waals surface area contributed by atoms with Crippen molar-refractivity contribution in [3.63, 3.8) is 0 Å². The van der Waals surface area contributed by atoms with Crippen LogP contribution in [0.5, 0.6) is 0 Å². The fourth-order valence-corrected chi connectivity index (χ4v) is 4.08. The number of hydrogen-bond donors (Lipinski definition) is 0. The molecule has 0 aromatic heterocycles. The first-order valence-corrected chi connectivity index (χ1v) is 6.53. The Labute approximate surface area is 97.8 Å². The van der Waals surface area contributed by atoms with Crippen LogP contribution in [-0.4, -0.2) is 11.6 Å². The van der Waals surface area contributed by atoms with E-state index in [4.69, 9.17) is 0 Å². The van der Waals surface area contributed by atoms with Gasteiger partial charge in [-0.3, -0.25) is 9.59 Å². The Morgan fingerprint density at radius 2 is 1.88 bits per heavy atom. The molecule has 0 aliphatic heterocycles. The van der Waals surface area contributed by atoms with Gasteiger partial charge in [-0.05, 0) is 42.4 Å². The molecule has 2 saturated carbocycles. The van der Waals surface area contributed by atoms with Crippen molar-refractivity contribution < 1.29 is 9.59 Å². The summed E-state index contributed by atoms with van der Waals surface area (Å²) < 4.78 is 0. The normalized spacial score (nSPS) is 40.0. The lowest BCUT2D eigenvalue weighted by Crippen LogP contribution is -2.42. The maximum atomic E-state index is 11.7. The zero-order valence-corrected chi connectivity index (χ0v) is 10.6. The highest BCUT2D eigenvalue weighted by Crippen LogP contribution is 2.57. The SMILES string of the molecule is CC(C)C1CCC(C)C12CCC(=O)C(=O)C2. The van der Waals surface area contributed by atoms with E-state index in [2.05, 4.69) is 20.8 Å². The van der Waals surface area contributed by atoms with Crippen molar-refractivity contribution in [3.05, 3.63) is 0 Å². The van der Waals surface area contributed by atoms with E-state index in [1.54, 1.807) is 0 Å². The smallest absolute Gasteiger partial charge is 0.198 e. The molecule has 2 aliphatic carbocycles. The number of carbonyl (C=O) groups excluding carboxylic acids is 2. The Kier molecular flexibility index (Phi) is 2.93. The minimum Gasteiger partial charge on any atom is -0.291 e. The molecule has 2 fully saturated rings. The fourth-order valence-electron chi connectivity index (χ4n) is 4.08. The molecule has 90 valence electrons. The molecule has 0 N–H and O–H groups in total. The Morgan fingerprint density at radius 3 is 2.44 bits per heavy atom. The number of hydrogen-bond acceptors (Lipinski definition) is 2. The minimum absolute atomic E-state index is 0.106. The van der Waals surface area contributed by atoms with Crippen molar-refractivity contribution in [3.8, 4) is 0 Å². The largest absolute Gasteiger partial charge is 0.291 e. The summed E-state index contributed by atoms with van der Waals surface area (Å²) in [6.07, 6.45) is 4.43. The third-order valence-electron chi connectivity index (χ3n) is 5.05. The molecular weight excluding hydrogens is 200 g/mol. The first kappa shape index (κ1) is 11.8. The Bertz CT molecular complexity index is 319. The van der Waals surface area contributed by atoms with Crippen LogP contribution in [0.3, 0.4) is 0 Å². The average molecular weight is 222 g/mol. The van der Waals surface area contributed by atoms with Gasteiger partial charge in [0.25, 0.3) is 0 Å². The van der Waals surface area contributed by atoms with E-state index in [9.17, 15) is 9.59 Å². The van der Waals surface area contributed by atoms with E-state index in [-0.39, 0.29) is 17.0 Å². The summed E-state index contributed by atoms with van der Waals surface area (Å²) in [5.74, 6) is 1.64. The molecule has 0 bridgehead atoms. The van der Waals surface area contributed by atoms with Gasteiger partial charge < -0.3 is 0 Å². The molecular formula is C14H22O2. The van der Waals surface area contributed by atoms with Crippen molar-refractivity contribution in [2.45, 2.75) is 52.9 Å². The number of rotatable bonds is 1. The lowest BCUT2D eigenvalue weighted by Gasteiger charge is -2.43. The molecule has 2 rings (SSSR count). The van der Waals surface area contributed by atoms with E-state index < -0.39 is 0 Å². The van der Waals surface area contributed by atoms with Crippen molar-refractivity contribution in [2.75, 3.05) is 0 Å². The Balaban J connectivity index is 2.27. The molecule has 0 aromatic carbocycles.